The lowest BCUT2D eigenvalue weighted by Crippen LogP contribution is -2.45. The van der Waals surface area contributed by atoms with Gasteiger partial charge in [0.25, 0.3) is 0 Å². The number of likely N-dealkylation sites (N-methyl/N-ethyl adjacent to an activating group) is 1. The number of ether oxygens (including phenoxy) is 1. The van der Waals surface area contributed by atoms with Crippen molar-refractivity contribution >= 4 is 0 Å². The lowest BCUT2D eigenvalue weighted by Gasteiger charge is -2.35. The van der Waals surface area contributed by atoms with Crippen LogP contribution in [-0.2, 0) is 4.74 Å². The van der Waals surface area contributed by atoms with Gasteiger partial charge in [0, 0.05) is 6.54 Å². The first-order valence-corrected chi connectivity index (χ1v) is 5.45. The Bertz CT molecular complexity index is 262. The minimum Gasteiger partial charge on any atom is -0.478 e. The molecule has 1 atom stereocenters. The van der Waals surface area contributed by atoms with Crippen molar-refractivity contribution in [3.63, 3.8) is 0 Å². The highest BCUT2D eigenvalue weighted by Crippen LogP contribution is 2.35. The van der Waals surface area contributed by atoms with Gasteiger partial charge in [-0.25, -0.2) is 0 Å². The second-order valence-corrected chi connectivity index (χ2v) is 4.51. The molecule has 0 bridgehead atoms. The lowest BCUT2D eigenvalue weighted by molar-refractivity contribution is 0.0525. The van der Waals surface area contributed by atoms with Crippen molar-refractivity contribution in [3.05, 3.63) is 24.6 Å². The van der Waals surface area contributed by atoms with Gasteiger partial charge in [-0.3, -0.25) is 4.90 Å². The summed E-state index contributed by atoms with van der Waals surface area (Å²) in [5.41, 5.74) is 6.80. The summed E-state index contributed by atoms with van der Waals surface area (Å²) >= 11 is 0. The highest BCUT2D eigenvalue weighted by Gasteiger charge is 2.40. The van der Waals surface area contributed by atoms with E-state index in [0.29, 0.717) is 12.5 Å². The highest BCUT2D eigenvalue weighted by atomic mass is 16.5. The second kappa shape index (κ2) is 4.71. The third-order valence-corrected chi connectivity index (χ3v) is 3.09. The lowest BCUT2D eigenvalue weighted by atomic mass is 9.91. The summed E-state index contributed by atoms with van der Waals surface area (Å²) in [6.07, 6.45) is 3.25. The van der Waals surface area contributed by atoms with Crippen molar-refractivity contribution < 1.29 is 4.74 Å². The van der Waals surface area contributed by atoms with Crippen LogP contribution in [0.4, 0.5) is 0 Å². The van der Waals surface area contributed by atoms with Crippen LogP contribution in [0.3, 0.4) is 0 Å². The third kappa shape index (κ3) is 2.75. The maximum absolute atomic E-state index is 5.45. The third-order valence-electron chi connectivity index (χ3n) is 3.09. The molecule has 0 amide bonds. The standard InChI is InChI=1S/C12H22N2O/c1-5-6-12(9-15-11(3)13)7-10(2)8-14(12)4/h2-3,5-9,13H2,1,4H3. The summed E-state index contributed by atoms with van der Waals surface area (Å²) in [6, 6.07) is 0. The zero-order chi connectivity index (χ0) is 11.5. The summed E-state index contributed by atoms with van der Waals surface area (Å²) in [4.78, 5) is 2.32. The summed E-state index contributed by atoms with van der Waals surface area (Å²) in [5.74, 6) is 0.302. The van der Waals surface area contributed by atoms with E-state index in [-0.39, 0.29) is 5.54 Å². The summed E-state index contributed by atoms with van der Waals surface area (Å²) in [7, 11) is 2.12. The SMILES string of the molecule is C=C1CN(C)C(CCC)(COC(=C)N)C1. The molecule has 1 aliphatic rings. The summed E-state index contributed by atoms with van der Waals surface area (Å²) in [5, 5.41) is 0. The molecule has 1 heterocycles. The van der Waals surface area contributed by atoms with Gasteiger partial charge in [0.05, 0.1) is 5.54 Å². The van der Waals surface area contributed by atoms with Gasteiger partial charge in [-0.2, -0.15) is 0 Å². The van der Waals surface area contributed by atoms with Crippen LogP contribution in [0.1, 0.15) is 26.2 Å². The first kappa shape index (κ1) is 12.1. The molecule has 1 unspecified atom stereocenters. The molecule has 3 heteroatoms. The molecule has 15 heavy (non-hydrogen) atoms. The van der Waals surface area contributed by atoms with Crippen LogP contribution in [0.2, 0.25) is 0 Å². The van der Waals surface area contributed by atoms with Crippen LogP contribution in [0.25, 0.3) is 0 Å². The van der Waals surface area contributed by atoms with E-state index in [1.165, 1.54) is 5.57 Å². The predicted molar refractivity (Wildman–Crippen MR) is 63.3 cm³/mol. The van der Waals surface area contributed by atoms with E-state index in [2.05, 4.69) is 32.0 Å². The Labute approximate surface area is 92.6 Å². The van der Waals surface area contributed by atoms with Gasteiger partial charge < -0.3 is 10.5 Å². The zero-order valence-electron chi connectivity index (χ0n) is 9.88. The van der Waals surface area contributed by atoms with Crippen LogP contribution < -0.4 is 5.73 Å². The molecule has 2 N–H and O–H groups in total. The maximum Gasteiger partial charge on any atom is 0.176 e. The molecule has 1 fully saturated rings. The first-order chi connectivity index (χ1) is 7.00. The minimum absolute atomic E-state index is 0.0775. The molecule has 0 radical (unpaired) electrons. The van der Waals surface area contributed by atoms with E-state index < -0.39 is 0 Å². The highest BCUT2D eigenvalue weighted by molar-refractivity contribution is 5.14. The van der Waals surface area contributed by atoms with Gasteiger partial charge in [-0.1, -0.05) is 25.5 Å². The average molecular weight is 210 g/mol. The Kier molecular flexibility index (Phi) is 3.80. The number of hydrogen-bond acceptors (Lipinski definition) is 3. The Balaban J connectivity index is 2.69. The van der Waals surface area contributed by atoms with Crippen molar-refractivity contribution in [2.75, 3.05) is 20.2 Å². The van der Waals surface area contributed by atoms with Crippen LogP contribution in [0, 0.1) is 0 Å². The topological polar surface area (TPSA) is 38.5 Å². The molecule has 3 nitrogen and oxygen atoms in total. The number of hydrogen-bond donors (Lipinski definition) is 1. The molecule has 0 aromatic rings. The molecular weight excluding hydrogens is 188 g/mol. The van der Waals surface area contributed by atoms with E-state index in [4.69, 9.17) is 10.5 Å². The molecule has 0 saturated carbocycles. The number of nitrogens with two attached hydrogens (primary N) is 1. The molecule has 0 aromatic carbocycles. The van der Waals surface area contributed by atoms with E-state index in [1.807, 2.05) is 0 Å². The molecule has 86 valence electrons. The molecule has 0 aromatic heterocycles. The fourth-order valence-corrected chi connectivity index (χ4v) is 2.36. The van der Waals surface area contributed by atoms with Gasteiger partial charge in [-0.05, 0) is 26.5 Å². The number of nitrogens with zero attached hydrogens (tertiary/aromatic N) is 1. The maximum atomic E-state index is 5.45. The monoisotopic (exact) mass is 210 g/mol. The van der Waals surface area contributed by atoms with Crippen molar-refractivity contribution in [2.24, 2.45) is 5.73 Å². The van der Waals surface area contributed by atoms with Crippen molar-refractivity contribution in [1.29, 1.82) is 0 Å². The fourth-order valence-electron chi connectivity index (χ4n) is 2.36. The number of likely N-dealkylation sites (tertiary alicyclic amines) is 1. The largest absolute Gasteiger partial charge is 0.478 e. The smallest absolute Gasteiger partial charge is 0.176 e. The van der Waals surface area contributed by atoms with Gasteiger partial charge in [0.1, 0.15) is 6.61 Å². The molecule has 0 aliphatic carbocycles. The summed E-state index contributed by atoms with van der Waals surface area (Å²) < 4.78 is 5.40. The Morgan fingerprint density at radius 1 is 1.67 bits per heavy atom. The average Bonchev–Trinajstić information content (AvgIpc) is 2.40. The molecule has 0 spiro atoms. The Morgan fingerprint density at radius 2 is 2.33 bits per heavy atom. The first-order valence-electron chi connectivity index (χ1n) is 5.45. The van der Waals surface area contributed by atoms with Gasteiger partial charge >= 0.3 is 0 Å². The normalized spacial score (nSPS) is 26.9. The Morgan fingerprint density at radius 3 is 2.73 bits per heavy atom. The Hall–Kier alpha value is -0.960. The minimum atomic E-state index is 0.0775. The van der Waals surface area contributed by atoms with Gasteiger partial charge in [0.15, 0.2) is 5.88 Å². The van der Waals surface area contributed by atoms with Crippen molar-refractivity contribution in [1.82, 2.24) is 4.90 Å². The molecule has 1 rings (SSSR count). The predicted octanol–water partition coefficient (Wildman–Crippen LogP) is 1.86. The quantitative estimate of drug-likeness (QED) is 0.556. The summed E-state index contributed by atoms with van der Waals surface area (Å²) in [6.45, 7) is 11.4. The molecule has 1 saturated heterocycles. The van der Waals surface area contributed by atoms with E-state index in [0.717, 1.165) is 25.8 Å². The second-order valence-electron chi connectivity index (χ2n) is 4.51. The number of rotatable bonds is 5. The van der Waals surface area contributed by atoms with E-state index in [1.54, 1.807) is 0 Å². The van der Waals surface area contributed by atoms with E-state index in [9.17, 15) is 0 Å². The molecular formula is C12H22N2O. The fraction of sp³-hybridized carbons (Fsp3) is 0.667. The molecule has 1 aliphatic heterocycles. The van der Waals surface area contributed by atoms with Gasteiger partial charge in [0.2, 0.25) is 0 Å². The van der Waals surface area contributed by atoms with Gasteiger partial charge in [-0.15, -0.1) is 0 Å². The van der Waals surface area contributed by atoms with Crippen molar-refractivity contribution in [3.8, 4) is 0 Å². The van der Waals surface area contributed by atoms with E-state index >= 15 is 0 Å². The van der Waals surface area contributed by atoms with Crippen LogP contribution >= 0.6 is 0 Å². The van der Waals surface area contributed by atoms with Crippen LogP contribution in [-0.4, -0.2) is 30.6 Å². The van der Waals surface area contributed by atoms with Crippen molar-refractivity contribution in [2.45, 2.75) is 31.7 Å². The zero-order valence-corrected chi connectivity index (χ0v) is 9.88. The van der Waals surface area contributed by atoms with Crippen LogP contribution in [0.15, 0.2) is 24.6 Å². The van der Waals surface area contributed by atoms with Crippen LogP contribution in [0.5, 0.6) is 0 Å².